The van der Waals surface area contributed by atoms with Crippen LogP contribution in [0.3, 0.4) is 0 Å². The SMILES string of the molecule is COCCOCCOCCNC(=S)[C@@](C)(c1ccc(OC)cc1)[C@@](CCOc1ccc(C)cc1)(CC(N)=O)C(=O)O. The number of hydrogen-bond acceptors (Lipinski definition) is 8. The zero-order valence-corrected chi connectivity index (χ0v) is 25.1. The van der Waals surface area contributed by atoms with Crippen molar-refractivity contribution in [1.82, 2.24) is 5.32 Å². The summed E-state index contributed by atoms with van der Waals surface area (Å²) in [4.78, 5) is 25.8. The Morgan fingerprint density at radius 2 is 1.49 bits per heavy atom. The Hall–Kier alpha value is -3.25. The first kappa shape index (κ1) is 34.0. The van der Waals surface area contributed by atoms with Crippen LogP contribution in [0.4, 0.5) is 0 Å². The number of aliphatic carboxylic acids is 1. The molecule has 2 atom stereocenters. The minimum atomic E-state index is -1.74. The largest absolute Gasteiger partial charge is 0.497 e. The van der Waals surface area contributed by atoms with Gasteiger partial charge in [0.25, 0.3) is 0 Å². The molecule has 226 valence electrons. The zero-order valence-electron chi connectivity index (χ0n) is 24.3. The quantitative estimate of drug-likeness (QED) is 0.156. The number of benzene rings is 2. The molecule has 41 heavy (non-hydrogen) atoms. The predicted molar refractivity (Wildman–Crippen MR) is 160 cm³/mol. The molecular weight excluding hydrogens is 548 g/mol. The van der Waals surface area contributed by atoms with Crippen molar-refractivity contribution in [2.24, 2.45) is 11.1 Å². The maximum Gasteiger partial charge on any atom is 0.311 e. The molecule has 2 rings (SSSR count). The number of amides is 1. The molecule has 1 amide bonds. The van der Waals surface area contributed by atoms with Gasteiger partial charge in [0.05, 0.1) is 62.6 Å². The summed E-state index contributed by atoms with van der Waals surface area (Å²) in [6.45, 7) is 6.10. The summed E-state index contributed by atoms with van der Waals surface area (Å²) in [7, 11) is 3.15. The Morgan fingerprint density at radius 1 is 0.902 bits per heavy atom. The number of carbonyl (C=O) groups is 2. The molecule has 0 aliphatic carbocycles. The Kier molecular flexibility index (Phi) is 14.0. The molecule has 0 fully saturated rings. The van der Waals surface area contributed by atoms with Crippen LogP contribution in [0.5, 0.6) is 11.5 Å². The molecule has 4 N–H and O–H groups in total. The predicted octanol–water partition coefficient (Wildman–Crippen LogP) is 3.27. The number of ether oxygens (including phenoxy) is 5. The van der Waals surface area contributed by atoms with Crippen LogP contribution in [0.1, 0.15) is 30.9 Å². The third-order valence-electron chi connectivity index (χ3n) is 7.12. The number of nitrogens with two attached hydrogens (primary N) is 1. The van der Waals surface area contributed by atoms with E-state index in [1.54, 1.807) is 45.4 Å². The standard InChI is InChI=1S/C30H42N2O8S/c1-22-5-9-25(10-6-22)40-15-13-30(28(34)35,21-26(31)33)29(2,23-7-11-24(37-4)12-8-23)27(41)32-14-16-38-19-20-39-18-17-36-3/h5-12H,13-21H2,1-4H3,(H2,31,33)(H,32,41)(H,34,35)/t29-,30+/m1/s1. The summed E-state index contributed by atoms with van der Waals surface area (Å²) in [5, 5.41) is 13.9. The molecule has 0 bridgehead atoms. The van der Waals surface area contributed by atoms with Gasteiger partial charge in [-0.05, 0) is 50.1 Å². The Labute approximate surface area is 247 Å². The molecule has 0 aliphatic rings. The van der Waals surface area contributed by atoms with Gasteiger partial charge in [-0.1, -0.05) is 42.0 Å². The number of rotatable bonds is 20. The van der Waals surface area contributed by atoms with Crippen LogP contribution in [-0.2, 0) is 29.2 Å². The van der Waals surface area contributed by atoms with Crippen molar-refractivity contribution >= 4 is 29.1 Å². The van der Waals surface area contributed by atoms with E-state index < -0.39 is 29.1 Å². The molecule has 0 aromatic heterocycles. The summed E-state index contributed by atoms with van der Waals surface area (Å²) in [5.74, 6) is -0.795. The van der Waals surface area contributed by atoms with E-state index in [4.69, 9.17) is 41.6 Å². The molecule has 10 nitrogen and oxygen atoms in total. The topological polar surface area (TPSA) is 139 Å². The van der Waals surface area contributed by atoms with Crippen molar-refractivity contribution in [3.63, 3.8) is 0 Å². The van der Waals surface area contributed by atoms with Gasteiger partial charge in [-0.3, -0.25) is 9.59 Å². The van der Waals surface area contributed by atoms with Gasteiger partial charge in [0.15, 0.2) is 0 Å². The van der Waals surface area contributed by atoms with Crippen LogP contribution in [-0.4, -0.2) is 82.4 Å². The molecule has 0 saturated heterocycles. The Bertz CT molecular complexity index is 1110. The van der Waals surface area contributed by atoms with Gasteiger partial charge in [-0.15, -0.1) is 0 Å². The number of primary amides is 1. The number of hydrogen-bond donors (Lipinski definition) is 3. The number of nitrogens with one attached hydrogen (secondary N) is 1. The van der Waals surface area contributed by atoms with E-state index >= 15 is 0 Å². The first-order valence-electron chi connectivity index (χ1n) is 13.4. The van der Waals surface area contributed by atoms with Gasteiger partial charge < -0.3 is 39.8 Å². The van der Waals surface area contributed by atoms with Crippen molar-refractivity contribution in [2.75, 3.05) is 60.4 Å². The number of carboxylic acid groups (broad SMARTS) is 1. The molecule has 11 heteroatoms. The van der Waals surface area contributed by atoms with Gasteiger partial charge in [0.1, 0.15) is 11.5 Å². The number of carboxylic acids is 1. The minimum Gasteiger partial charge on any atom is -0.497 e. The van der Waals surface area contributed by atoms with Crippen LogP contribution in [0.25, 0.3) is 0 Å². The fourth-order valence-electron chi connectivity index (χ4n) is 4.61. The second-order valence-electron chi connectivity index (χ2n) is 9.77. The highest BCUT2D eigenvalue weighted by Gasteiger charge is 2.58. The van der Waals surface area contributed by atoms with Crippen LogP contribution < -0.4 is 20.5 Å². The van der Waals surface area contributed by atoms with Gasteiger partial charge >= 0.3 is 5.97 Å². The van der Waals surface area contributed by atoms with Crippen molar-refractivity contribution < 1.29 is 38.4 Å². The number of aryl methyl sites for hydroxylation is 1. The third-order valence-corrected chi connectivity index (χ3v) is 7.67. The van der Waals surface area contributed by atoms with Gasteiger partial charge in [0, 0.05) is 20.1 Å². The molecule has 0 radical (unpaired) electrons. The lowest BCUT2D eigenvalue weighted by Crippen LogP contribution is -2.59. The summed E-state index contributed by atoms with van der Waals surface area (Å²) in [6.07, 6.45) is -0.502. The van der Waals surface area contributed by atoms with E-state index in [0.717, 1.165) is 5.56 Å². The monoisotopic (exact) mass is 590 g/mol. The van der Waals surface area contributed by atoms with Gasteiger partial charge in [-0.2, -0.15) is 0 Å². The van der Waals surface area contributed by atoms with Crippen LogP contribution >= 0.6 is 12.2 Å². The summed E-state index contributed by atoms with van der Waals surface area (Å²) in [5.41, 5.74) is 4.22. The van der Waals surface area contributed by atoms with Gasteiger partial charge in [0.2, 0.25) is 5.91 Å². The van der Waals surface area contributed by atoms with Crippen LogP contribution in [0, 0.1) is 12.3 Å². The molecule has 2 aromatic carbocycles. The van der Waals surface area contributed by atoms with Crippen molar-refractivity contribution in [1.29, 1.82) is 0 Å². The second-order valence-corrected chi connectivity index (χ2v) is 10.2. The van der Waals surface area contributed by atoms with E-state index in [-0.39, 0.29) is 18.0 Å². The van der Waals surface area contributed by atoms with E-state index in [1.165, 1.54) is 0 Å². The summed E-state index contributed by atoms with van der Waals surface area (Å²) >= 11 is 5.87. The molecule has 0 saturated carbocycles. The molecule has 0 spiro atoms. The van der Waals surface area contributed by atoms with E-state index in [0.29, 0.717) is 56.6 Å². The average molecular weight is 591 g/mol. The van der Waals surface area contributed by atoms with E-state index in [2.05, 4.69) is 5.32 Å². The minimum absolute atomic E-state index is 0.0170. The highest BCUT2D eigenvalue weighted by Crippen LogP contribution is 2.49. The average Bonchev–Trinajstić information content (AvgIpc) is 2.95. The smallest absolute Gasteiger partial charge is 0.311 e. The van der Waals surface area contributed by atoms with E-state index in [1.807, 2.05) is 31.2 Å². The molecule has 0 aliphatic heterocycles. The lowest BCUT2D eigenvalue weighted by molar-refractivity contribution is -0.155. The lowest BCUT2D eigenvalue weighted by atomic mass is 9.57. The number of methoxy groups -OCH3 is 2. The maximum atomic E-state index is 13.2. The summed E-state index contributed by atoms with van der Waals surface area (Å²) in [6, 6.07) is 14.4. The molecular formula is C30H42N2O8S. The molecule has 0 unspecified atom stereocenters. The normalized spacial score (nSPS) is 14.0. The van der Waals surface area contributed by atoms with E-state index in [9.17, 15) is 14.7 Å². The number of carbonyl (C=O) groups excluding carboxylic acids is 1. The van der Waals surface area contributed by atoms with Crippen molar-refractivity contribution in [3.8, 4) is 11.5 Å². The maximum absolute atomic E-state index is 13.2. The Balaban J connectivity index is 2.33. The Morgan fingerprint density at radius 3 is 2.05 bits per heavy atom. The fraction of sp³-hybridized carbons (Fsp3) is 0.500. The van der Waals surface area contributed by atoms with Gasteiger partial charge in [-0.25, -0.2) is 0 Å². The van der Waals surface area contributed by atoms with Crippen molar-refractivity contribution in [2.45, 2.75) is 32.1 Å². The van der Waals surface area contributed by atoms with Crippen LogP contribution in [0.2, 0.25) is 0 Å². The lowest BCUT2D eigenvalue weighted by Gasteiger charge is -2.46. The van der Waals surface area contributed by atoms with Crippen molar-refractivity contribution in [3.05, 3.63) is 59.7 Å². The molecule has 2 aromatic rings. The highest BCUT2D eigenvalue weighted by atomic mass is 32.1. The van der Waals surface area contributed by atoms with Crippen LogP contribution in [0.15, 0.2) is 48.5 Å². The first-order chi connectivity index (χ1) is 19.6. The summed E-state index contributed by atoms with van der Waals surface area (Å²) < 4.78 is 27.2. The first-order valence-corrected chi connectivity index (χ1v) is 13.8. The number of thiocarbonyl (C=S) groups is 1. The zero-order chi connectivity index (χ0) is 30.3. The fourth-order valence-corrected chi connectivity index (χ4v) is 5.03. The third kappa shape index (κ3) is 9.39. The highest BCUT2D eigenvalue weighted by molar-refractivity contribution is 7.80. The second kappa shape index (κ2) is 16.9. The molecule has 0 heterocycles.